The summed E-state index contributed by atoms with van der Waals surface area (Å²) in [6.07, 6.45) is 0. The Hall–Kier alpha value is -0.770. The van der Waals surface area contributed by atoms with Gasteiger partial charge in [-0.1, -0.05) is 6.92 Å². The maximum Gasteiger partial charge on any atom is 0.317 e. The lowest BCUT2D eigenvalue weighted by Gasteiger charge is -2.38. The molecule has 0 aromatic rings. The maximum atomic E-state index is 11.6. The Morgan fingerprint density at radius 3 is 2.36 bits per heavy atom. The quantitative estimate of drug-likeness (QED) is 0.737. The molecule has 82 valence electrons. The predicted octanol–water partition coefficient (Wildman–Crippen LogP) is 1.07. The molecule has 0 aromatic carbocycles. The lowest BCUT2D eigenvalue weighted by molar-refractivity contribution is -0.0978. The van der Waals surface area contributed by atoms with Crippen LogP contribution in [-0.4, -0.2) is 43.8 Å². The van der Waals surface area contributed by atoms with Gasteiger partial charge in [-0.25, -0.2) is 4.79 Å². The number of nitrogens with zero attached hydrogens (tertiary/aromatic N) is 1. The minimum Gasteiger partial charge on any atom is -0.380 e. The highest BCUT2D eigenvalue weighted by Gasteiger charge is 2.33. The normalized spacial score (nSPS) is 18.5. The molecule has 4 nitrogen and oxygen atoms in total. The van der Waals surface area contributed by atoms with Crippen molar-refractivity contribution in [2.24, 2.45) is 5.41 Å². The number of urea groups is 1. The summed E-state index contributed by atoms with van der Waals surface area (Å²) in [5.74, 6) is 0. The summed E-state index contributed by atoms with van der Waals surface area (Å²) < 4.78 is 5.12. The fourth-order valence-corrected chi connectivity index (χ4v) is 1.46. The standard InChI is InChI=1S/C10H20N2O2/c1-4-12(5-2)9(13)11-6-10(3)7-14-8-10/h4-8H2,1-3H3,(H,11,13). The number of rotatable bonds is 4. The van der Waals surface area contributed by atoms with Gasteiger partial charge in [-0.15, -0.1) is 0 Å². The minimum atomic E-state index is 0.0307. The fourth-order valence-electron chi connectivity index (χ4n) is 1.46. The third-order valence-electron chi connectivity index (χ3n) is 2.62. The van der Waals surface area contributed by atoms with Crippen LogP contribution in [0.2, 0.25) is 0 Å². The summed E-state index contributed by atoms with van der Waals surface area (Å²) in [5.41, 5.74) is 0.156. The van der Waals surface area contributed by atoms with Gasteiger partial charge in [0.2, 0.25) is 0 Å². The van der Waals surface area contributed by atoms with E-state index >= 15 is 0 Å². The van der Waals surface area contributed by atoms with E-state index in [9.17, 15) is 4.79 Å². The number of carbonyl (C=O) groups is 1. The Labute approximate surface area is 85.6 Å². The van der Waals surface area contributed by atoms with E-state index in [1.165, 1.54) is 0 Å². The van der Waals surface area contributed by atoms with Crippen LogP contribution >= 0.6 is 0 Å². The van der Waals surface area contributed by atoms with Crippen molar-refractivity contribution < 1.29 is 9.53 Å². The molecule has 0 spiro atoms. The average molecular weight is 200 g/mol. The summed E-state index contributed by atoms with van der Waals surface area (Å²) in [6.45, 7) is 9.83. The Morgan fingerprint density at radius 2 is 2.00 bits per heavy atom. The predicted molar refractivity (Wildman–Crippen MR) is 55.2 cm³/mol. The largest absolute Gasteiger partial charge is 0.380 e. The first-order valence-electron chi connectivity index (χ1n) is 5.22. The number of hydrogen-bond donors (Lipinski definition) is 1. The molecule has 14 heavy (non-hydrogen) atoms. The topological polar surface area (TPSA) is 41.6 Å². The summed E-state index contributed by atoms with van der Waals surface area (Å²) in [5, 5.41) is 2.93. The lowest BCUT2D eigenvalue weighted by Crippen LogP contribution is -2.51. The average Bonchev–Trinajstić information content (AvgIpc) is 2.13. The molecule has 0 atom stereocenters. The van der Waals surface area contributed by atoms with Gasteiger partial charge in [0, 0.05) is 25.0 Å². The van der Waals surface area contributed by atoms with Crippen LogP contribution in [0.1, 0.15) is 20.8 Å². The van der Waals surface area contributed by atoms with Gasteiger partial charge in [-0.05, 0) is 13.8 Å². The van der Waals surface area contributed by atoms with Crippen molar-refractivity contribution in [3.8, 4) is 0 Å². The van der Waals surface area contributed by atoms with E-state index in [1.807, 2.05) is 13.8 Å². The summed E-state index contributed by atoms with van der Waals surface area (Å²) in [4.78, 5) is 13.3. The van der Waals surface area contributed by atoms with Crippen LogP contribution in [-0.2, 0) is 4.74 Å². The highest BCUT2D eigenvalue weighted by atomic mass is 16.5. The Bertz CT molecular complexity index is 198. The van der Waals surface area contributed by atoms with Crippen molar-refractivity contribution in [3.05, 3.63) is 0 Å². The number of nitrogens with one attached hydrogen (secondary N) is 1. The molecule has 1 aliphatic heterocycles. The van der Waals surface area contributed by atoms with E-state index in [1.54, 1.807) is 4.90 Å². The molecule has 1 rings (SSSR count). The van der Waals surface area contributed by atoms with Gasteiger partial charge in [-0.2, -0.15) is 0 Å². The molecular formula is C10H20N2O2. The minimum absolute atomic E-state index is 0.0307. The number of hydrogen-bond acceptors (Lipinski definition) is 2. The van der Waals surface area contributed by atoms with Crippen molar-refractivity contribution in [1.29, 1.82) is 0 Å². The van der Waals surface area contributed by atoms with E-state index in [2.05, 4.69) is 12.2 Å². The maximum absolute atomic E-state index is 11.6. The lowest BCUT2D eigenvalue weighted by atomic mass is 9.89. The highest BCUT2D eigenvalue weighted by Crippen LogP contribution is 2.24. The number of amides is 2. The molecule has 2 amide bonds. The van der Waals surface area contributed by atoms with Gasteiger partial charge in [0.15, 0.2) is 0 Å². The first-order valence-corrected chi connectivity index (χ1v) is 5.22. The zero-order valence-corrected chi connectivity index (χ0v) is 9.30. The van der Waals surface area contributed by atoms with Gasteiger partial charge < -0.3 is 15.0 Å². The van der Waals surface area contributed by atoms with Crippen molar-refractivity contribution in [3.63, 3.8) is 0 Å². The van der Waals surface area contributed by atoms with E-state index in [0.717, 1.165) is 26.3 Å². The summed E-state index contributed by atoms with van der Waals surface area (Å²) >= 11 is 0. The van der Waals surface area contributed by atoms with E-state index in [-0.39, 0.29) is 11.4 Å². The molecule has 0 saturated carbocycles. The van der Waals surface area contributed by atoms with E-state index < -0.39 is 0 Å². The molecule has 0 unspecified atom stereocenters. The SMILES string of the molecule is CCN(CC)C(=O)NCC1(C)COC1. The molecule has 1 fully saturated rings. The molecular weight excluding hydrogens is 180 g/mol. The van der Waals surface area contributed by atoms with Crippen molar-refractivity contribution in [2.75, 3.05) is 32.8 Å². The van der Waals surface area contributed by atoms with Gasteiger partial charge in [-0.3, -0.25) is 0 Å². The second-order valence-corrected chi connectivity index (χ2v) is 4.13. The highest BCUT2D eigenvalue weighted by molar-refractivity contribution is 5.74. The molecule has 1 aliphatic rings. The van der Waals surface area contributed by atoms with Crippen LogP contribution in [0.3, 0.4) is 0 Å². The van der Waals surface area contributed by atoms with E-state index in [4.69, 9.17) is 4.74 Å². The zero-order valence-electron chi connectivity index (χ0n) is 9.30. The van der Waals surface area contributed by atoms with Crippen molar-refractivity contribution in [1.82, 2.24) is 10.2 Å². The second-order valence-electron chi connectivity index (χ2n) is 4.13. The van der Waals surface area contributed by atoms with Crippen LogP contribution in [0.4, 0.5) is 4.79 Å². The molecule has 0 radical (unpaired) electrons. The van der Waals surface area contributed by atoms with E-state index in [0.29, 0.717) is 6.54 Å². The summed E-state index contributed by atoms with van der Waals surface area (Å²) in [6, 6.07) is 0.0307. The third kappa shape index (κ3) is 2.61. The third-order valence-corrected chi connectivity index (χ3v) is 2.62. The van der Waals surface area contributed by atoms with Gasteiger partial charge in [0.25, 0.3) is 0 Å². The number of carbonyl (C=O) groups excluding carboxylic acids is 1. The second kappa shape index (κ2) is 4.64. The molecule has 4 heteroatoms. The van der Waals surface area contributed by atoms with Crippen LogP contribution in [0.15, 0.2) is 0 Å². The molecule has 1 heterocycles. The fraction of sp³-hybridized carbons (Fsp3) is 0.900. The van der Waals surface area contributed by atoms with Gasteiger partial charge in [0.05, 0.1) is 13.2 Å². The van der Waals surface area contributed by atoms with Crippen LogP contribution in [0.25, 0.3) is 0 Å². The molecule has 1 N–H and O–H groups in total. The van der Waals surface area contributed by atoms with Crippen LogP contribution in [0.5, 0.6) is 0 Å². The first kappa shape index (κ1) is 11.3. The monoisotopic (exact) mass is 200 g/mol. The van der Waals surface area contributed by atoms with Crippen molar-refractivity contribution in [2.45, 2.75) is 20.8 Å². The number of ether oxygens (including phenoxy) is 1. The van der Waals surface area contributed by atoms with Gasteiger partial charge >= 0.3 is 6.03 Å². The van der Waals surface area contributed by atoms with Crippen LogP contribution < -0.4 is 5.32 Å². The Kier molecular flexibility index (Phi) is 3.75. The Morgan fingerprint density at radius 1 is 1.43 bits per heavy atom. The van der Waals surface area contributed by atoms with Crippen molar-refractivity contribution >= 4 is 6.03 Å². The molecule has 0 bridgehead atoms. The first-order chi connectivity index (χ1) is 6.61. The summed E-state index contributed by atoms with van der Waals surface area (Å²) in [7, 11) is 0. The zero-order chi connectivity index (χ0) is 10.6. The molecule has 1 saturated heterocycles. The van der Waals surface area contributed by atoms with Crippen LogP contribution in [0, 0.1) is 5.41 Å². The smallest absolute Gasteiger partial charge is 0.317 e. The molecule has 0 aromatic heterocycles. The molecule has 0 aliphatic carbocycles. The Balaban J connectivity index is 2.26. The van der Waals surface area contributed by atoms with Gasteiger partial charge in [0.1, 0.15) is 0 Å².